The van der Waals surface area contributed by atoms with Crippen LogP contribution in [0.4, 0.5) is 0 Å². The van der Waals surface area contributed by atoms with Crippen molar-refractivity contribution in [3.05, 3.63) is 24.8 Å². The van der Waals surface area contributed by atoms with Crippen LogP contribution in [0.3, 0.4) is 0 Å². The summed E-state index contributed by atoms with van der Waals surface area (Å²) in [6, 6.07) is 0. The minimum absolute atomic E-state index is 0.0777. The fourth-order valence-corrected chi connectivity index (χ4v) is 3.07. The molecule has 0 bridgehead atoms. The summed E-state index contributed by atoms with van der Waals surface area (Å²) in [5, 5.41) is 0. The fourth-order valence-electron chi connectivity index (χ4n) is 3.07. The van der Waals surface area contributed by atoms with Crippen LogP contribution in [0.5, 0.6) is 0 Å². The molecule has 0 aromatic carbocycles. The van der Waals surface area contributed by atoms with E-state index in [2.05, 4.69) is 6.58 Å². The molecule has 0 fully saturated rings. The quantitative estimate of drug-likeness (QED) is 0.197. The molecule has 29 heavy (non-hydrogen) atoms. The molecular weight excluding hydrogens is 380 g/mol. The molecule has 0 aromatic rings. The number of carbonyl (C=O) groups excluding carboxylic acids is 4. The molecule has 0 unspecified atom stereocenters. The standard InChI is InChI=1S/C21H32O8/c1-7-13-15-21(18(24)28-11-5,19(25)29-12-6)20(14-8-2,16(22)26-9-3)17(23)27-10-4/h7-8,13H,2,9-12,14-15H2,1,3-6H3/b13-7-. The zero-order valence-electron chi connectivity index (χ0n) is 17.9. The summed E-state index contributed by atoms with van der Waals surface area (Å²) in [4.78, 5) is 52.8. The van der Waals surface area contributed by atoms with E-state index in [9.17, 15) is 19.2 Å². The Kier molecular flexibility index (Phi) is 11.6. The van der Waals surface area contributed by atoms with Crippen molar-refractivity contribution in [1.29, 1.82) is 0 Å². The van der Waals surface area contributed by atoms with Crippen LogP contribution >= 0.6 is 0 Å². The Morgan fingerprint density at radius 1 is 0.690 bits per heavy atom. The highest BCUT2D eigenvalue weighted by Gasteiger charge is 2.72. The predicted octanol–water partition coefficient (Wildman–Crippen LogP) is 2.75. The summed E-state index contributed by atoms with van der Waals surface area (Å²) in [5.41, 5.74) is -4.71. The van der Waals surface area contributed by atoms with Gasteiger partial charge in [0.15, 0.2) is 10.8 Å². The van der Waals surface area contributed by atoms with Gasteiger partial charge in [0.05, 0.1) is 26.4 Å². The van der Waals surface area contributed by atoms with Crippen molar-refractivity contribution in [1.82, 2.24) is 0 Å². The SMILES string of the molecule is C=CCC(C(=O)OCC)(C(=O)OCC)C(C/C=C\C)(C(=O)OCC)C(=O)OCC. The average Bonchev–Trinajstić information content (AvgIpc) is 2.68. The first kappa shape index (κ1) is 26.4. The minimum atomic E-state index is -2.36. The molecule has 0 aromatic heterocycles. The molecule has 0 atom stereocenters. The van der Waals surface area contributed by atoms with E-state index in [0.29, 0.717) is 0 Å². The van der Waals surface area contributed by atoms with Crippen LogP contribution in [0, 0.1) is 10.8 Å². The van der Waals surface area contributed by atoms with Crippen LogP contribution in [-0.4, -0.2) is 50.3 Å². The van der Waals surface area contributed by atoms with Gasteiger partial charge >= 0.3 is 23.9 Å². The van der Waals surface area contributed by atoms with E-state index >= 15 is 0 Å². The third-order valence-corrected chi connectivity index (χ3v) is 4.33. The summed E-state index contributed by atoms with van der Waals surface area (Å²) >= 11 is 0. The molecule has 0 aliphatic heterocycles. The maximum atomic E-state index is 13.2. The van der Waals surface area contributed by atoms with Gasteiger partial charge in [0.1, 0.15) is 0 Å². The molecule has 0 saturated heterocycles. The Morgan fingerprint density at radius 3 is 1.24 bits per heavy atom. The first-order valence-corrected chi connectivity index (χ1v) is 9.71. The van der Waals surface area contributed by atoms with E-state index in [4.69, 9.17) is 18.9 Å². The number of carbonyl (C=O) groups is 4. The van der Waals surface area contributed by atoms with Gasteiger partial charge in [0, 0.05) is 0 Å². The molecule has 8 nitrogen and oxygen atoms in total. The summed E-state index contributed by atoms with van der Waals surface area (Å²) in [6.07, 6.45) is 3.62. The molecule has 0 saturated carbocycles. The maximum absolute atomic E-state index is 13.2. The van der Waals surface area contributed by atoms with Crippen LogP contribution < -0.4 is 0 Å². The van der Waals surface area contributed by atoms with Crippen molar-refractivity contribution in [3.63, 3.8) is 0 Å². The van der Waals surface area contributed by atoms with Crippen molar-refractivity contribution in [2.75, 3.05) is 26.4 Å². The lowest BCUT2D eigenvalue weighted by Crippen LogP contribution is -2.62. The molecule has 0 N–H and O–H groups in total. The highest BCUT2D eigenvalue weighted by Crippen LogP contribution is 2.50. The van der Waals surface area contributed by atoms with Gasteiger partial charge in [0.2, 0.25) is 0 Å². The molecule has 0 spiro atoms. The summed E-state index contributed by atoms with van der Waals surface area (Å²) in [6.45, 7) is 11.1. The van der Waals surface area contributed by atoms with Crippen LogP contribution in [0.25, 0.3) is 0 Å². The maximum Gasteiger partial charge on any atom is 0.325 e. The third-order valence-electron chi connectivity index (χ3n) is 4.33. The molecule has 0 aliphatic carbocycles. The number of allylic oxidation sites excluding steroid dienone is 3. The molecule has 0 radical (unpaired) electrons. The van der Waals surface area contributed by atoms with Gasteiger partial charge in [-0.1, -0.05) is 18.2 Å². The summed E-state index contributed by atoms with van der Waals surface area (Å²) in [7, 11) is 0. The van der Waals surface area contributed by atoms with E-state index in [0.717, 1.165) is 0 Å². The van der Waals surface area contributed by atoms with Crippen LogP contribution in [0.15, 0.2) is 24.8 Å². The van der Waals surface area contributed by atoms with Crippen molar-refractivity contribution < 1.29 is 38.1 Å². The van der Waals surface area contributed by atoms with Crippen molar-refractivity contribution in [2.24, 2.45) is 10.8 Å². The first-order valence-electron chi connectivity index (χ1n) is 9.71. The highest BCUT2D eigenvalue weighted by atomic mass is 16.6. The summed E-state index contributed by atoms with van der Waals surface area (Å²) in [5.74, 6) is -4.30. The molecular formula is C21H32O8. The number of ether oxygens (including phenoxy) is 4. The second-order valence-corrected chi connectivity index (χ2v) is 5.96. The number of hydrogen-bond acceptors (Lipinski definition) is 8. The lowest BCUT2D eigenvalue weighted by Gasteiger charge is -2.41. The van der Waals surface area contributed by atoms with E-state index in [-0.39, 0.29) is 39.3 Å². The van der Waals surface area contributed by atoms with Gasteiger partial charge in [-0.05, 0) is 47.5 Å². The monoisotopic (exact) mass is 412 g/mol. The molecule has 164 valence electrons. The Labute approximate surface area is 172 Å². The van der Waals surface area contributed by atoms with Gasteiger partial charge in [-0.2, -0.15) is 0 Å². The summed E-state index contributed by atoms with van der Waals surface area (Å²) < 4.78 is 20.6. The Morgan fingerprint density at radius 2 is 1.00 bits per heavy atom. The van der Waals surface area contributed by atoms with E-state index < -0.39 is 34.7 Å². The van der Waals surface area contributed by atoms with Crippen LogP contribution in [0.2, 0.25) is 0 Å². The molecule has 0 heterocycles. The smallest absolute Gasteiger partial charge is 0.325 e. The predicted molar refractivity (Wildman–Crippen MR) is 106 cm³/mol. The highest BCUT2D eigenvalue weighted by molar-refractivity contribution is 6.14. The van der Waals surface area contributed by atoms with Gasteiger partial charge in [-0.25, -0.2) is 0 Å². The molecule has 0 rings (SSSR count). The zero-order chi connectivity index (χ0) is 22.5. The van der Waals surface area contributed by atoms with Gasteiger partial charge in [0.25, 0.3) is 0 Å². The Balaban J connectivity index is 7.29. The number of esters is 4. The van der Waals surface area contributed by atoms with Crippen LogP contribution in [0.1, 0.15) is 47.5 Å². The van der Waals surface area contributed by atoms with Crippen LogP contribution in [-0.2, 0) is 38.1 Å². The van der Waals surface area contributed by atoms with Gasteiger partial charge < -0.3 is 18.9 Å². The van der Waals surface area contributed by atoms with Gasteiger partial charge in [-0.15, -0.1) is 6.58 Å². The van der Waals surface area contributed by atoms with E-state index in [1.54, 1.807) is 40.7 Å². The zero-order valence-corrected chi connectivity index (χ0v) is 17.9. The normalized spacial score (nSPS) is 11.6. The molecule has 0 amide bonds. The van der Waals surface area contributed by atoms with Crippen molar-refractivity contribution in [3.8, 4) is 0 Å². The van der Waals surface area contributed by atoms with E-state index in [1.807, 2.05) is 0 Å². The van der Waals surface area contributed by atoms with Crippen molar-refractivity contribution in [2.45, 2.75) is 47.5 Å². The lowest BCUT2D eigenvalue weighted by molar-refractivity contribution is -0.203. The molecule has 8 heteroatoms. The average molecular weight is 412 g/mol. The Bertz CT molecular complexity index is 584. The number of hydrogen-bond donors (Lipinski definition) is 0. The van der Waals surface area contributed by atoms with Gasteiger partial charge in [-0.3, -0.25) is 19.2 Å². The second kappa shape index (κ2) is 12.7. The fraction of sp³-hybridized carbons (Fsp3) is 0.619. The largest absolute Gasteiger partial charge is 0.465 e. The number of rotatable bonds is 13. The minimum Gasteiger partial charge on any atom is -0.465 e. The third kappa shape index (κ3) is 5.25. The lowest BCUT2D eigenvalue weighted by atomic mass is 9.59. The Hall–Kier alpha value is -2.64. The first-order chi connectivity index (χ1) is 13.8. The second-order valence-electron chi connectivity index (χ2n) is 5.96. The van der Waals surface area contributed by atoms with Crippen molar-refractivity contribution >= 4 is 23.9 Å². The van der Waals surface area contributed by atoms with E-state index in [1.165, 1.54) is 12.2 Å². The topological polar surface area (TPSA) is 105 Å². The molecule has 0 aliphatic rings.